The van der Waals surface area contributed by atoms with Crippen LogP contribution in [0.15, 0.2) is 34.6 Å². The minimum absolute atomic E-state index is 0.0866. The maximum atomic E-state index is 5.89. The SMILES string of the molecule is CN=C(NCc1ccc(Cl)cc1)NCc1nc(C(C)(C)C)cs1. The number of nitrogens with one attached hydrogen (secondary N) is 2. The van der Waals surface area contributed by atoms with Gasteiger partial charge < -0.3 is 10.6 Å². The van der Waals surface area contributed by atoms with Crippen LogP contribution in [0.2, 0.25) is 5.02 Å². The zero-order chi connectivity index (χ0) is 16.9. The molecular formula is C17H23ClN4S. The Morgan fingerprint density at radius 3 is 2.39 bits per heavy atom. The molecule has 0 aliphatic heterocycles. The Bertz CT molecular complexity index is 656. The molecule has 2 rings (SSSR count). The van der Waals surface area contributed by atoms with Crippen LogP contribution in [0.25, 0.3) is 0 Å². The first-order chi connectivity index (χ1) is 10.9. The quantitative estimate of drug-likeness (QED) is 0.648. The highest BCUT2D eigenvalue weighted by atomic mass is 35.5. The van der Waals surface area contributed by atoms with Crippen molar-refractivity contribution in [3.63, 3.8) is 0 Å². The summed E-state index contributed by atoms with van der Waals surface area (Å²) in [6.07, 6.45) is 0. The molecule has 4 nitrogen and oxygen atoms in total. The summed E-state index contributed by atoms with van der Waals surface area (Å²) < 4.78 is 0. The number of hydrogen-bond donors (Lipinski definition) is 2. The molecule has 0 radical (unpaired) electrons. The molecule has 0 bridgehead atoms. The van der Waals surface area contributed by atoms with E-state index in [-0.39, 0.29) is 5.41 Å². The topological polar surface area (TPSA) is 49.3 Å². The van der Waals surface area contributed by atoms with Crippen molar-refractivity contribution in [1.82, 2.24) is 15.6 Å². The molecule has 2 aromatic rings. The molecular weight excluding hydrogens is 328 g/mol. The minimum Gasteiger partial charge on any atom is -0.352 e. The molecule has 0 atom stereocenters. The van der Waals surface area contributed by atoms with Gasteiger partial charge in [-0.25, -0.2) is 4.98 Å². The highest BCUT2D eigenvalue weighted by Crippen LogP contribution is 2.23. The molecule has 0 aliphatic carbocycles. The van der Waals surface area contributed by atoms with Crippen molar-refractivity contribution in [2.45, 2.75) is 39.3 Å². The monoisotopic (exact) mass is 350 g/mol. The van der Waals surface area contributed by atoms with E-state index in [1.165, 1.54) is 0 Å². The Kier molecular flexibility index (Phi) is 6.02. The van der Waals surface area contributed by atoms with E-state index in [4.69, 9.17) is 11.6 Å². The van der Waals surface area contributed by atoms with Crippen LogP contribution in [0.4, 0.5) is 0 Å². The van der Waals surface area contributed by atoms with Gasteiger partial charge in [0, 0.05) is 29.4 Å². The van der Waals surface area contributed by atoms with Crippen LogP contribution in [0.3, 0.4) is 0 Å². The summed E-state index contributed by atoms with van der Waals surface area (Å²) in [5.41, 5.74) is 2.37. The summed E-state index contributed by atoms with van der Waals surface area (Å²) in [7, 11) is 1.76. The van der Waals surface area contributed by atoms with E-state index in [9.17, 15) is 0 Å². The summed E-state index contributed by atoms with van der Waals surface area (Å²) in [6.45, 7) is 7.88. The van der Waals surface area contributed by atoms with Gasteiger partial charge in [-0.15, -0.1) is 11.3 Å². The predicted molar refractivity (Wildman–Crippen MR) is 99.3 cm³/mol. The van der Waals surface area contributed by atoms with Gasteiger partial charge in [-0.1, -0.05) is 44.5 Å². The second-order valence-electron chi connectivity index (χ2n) is 6.28. The number of benzene rings is 1. The van der Waals surface area contributed by atoms with Gasteiger partial charge in [0.15, 0.2) is 5.96 Å². The van der Waals surface area contributed by atoms with Gasteiger partial charge in [0.2, 0.25) is 0 Å². The Balaban J connectivity index is 1.85. The maximum Gasteiger partial charge on any atom is 0.191 e. The first-order valence-corrected chi connectivity index (χ1v) is 8.78. The lowest BCUT2D eigenvalue weighted by atomic mass is 9.93. The van der Waals surface area contributed by atoms with Gasteiger partial charge in [-0.05, 0) is 17.7 Å². The molecule has 0 saturated heterocycles. The smallest absolute Gasteiger partial charge is 0.191 e. The second kappa shape index (κ2) is 7.79. The van der Waals surface area contributed by atoms with Gasteiger partial charge in [-0.3, -0.25) is 4.99 Å². The predicted octanol–water partition coefficient (Wildman–Crippen LogP) is 3.96. The van der Waals surface area contributed by atoms with Crippen LogP contribution in [0.1, 0.15) is 37.0 Å². The Hall–Kier alpha value is -1.59. The largest absolute Gasteiger partial charge is 0.352 e. The van der Waals surface area contributed by atoms with Gasteiger partial charge in [0.1, 0.15) is 5.01 Å². The molecule has 0 spiro atoms. The second-order valence-corrected chi connectivity index (χ2v) is 7.66. The zero-order valence-corrected chi connectivity index (χ0v) is 15.6. The zero-order valence-electron chi connectivity index (χ0n) is 14.0. The van der Waals surface area contributed by atoms with Crippen molar-refractivity contribution in [3.05, 3.63) is 50.9 Å². The third kappa shape index (κ3) is 5.52. The lowest BCUT2D eigenvalue weighted by Gasteiger charge is -2.14. The van der Waals surface area contributed by atoms with Crippen molar-refractivity contribution in [2.24, 2.45) is 4.99 Å². The van der Waals surface area contributed by atoms with E-state index >= 15 is 0 Å². The Morgan fingerprint density at radius 1 is 1.17 bits per heavy atom. The standard InChI is InChI=1S/C17H23ClN4S/c1-17(2,3)14-11-23-15(22-14)10-21-16(19-4)20-9-12-5-7-13(18)8-6-12/h5-8,11H,9-10H2,1-4H3,(H2,19,20,21). The van der Waals surface area contributed by atoms with Gasteiger partial charge >= 0.3 is 0 Å². The highest BCUT2D eigenvalue weighted by Gasteiger charge is 2.17. The van der Waals surface area contributed by atoms with Crippen molar-refractivity contribution in [3.8, 4) is 0 Å². The molecule has 1 aromatic carbocycles. The molecule has 1 heterocycles. The van der Waals surface area contributed by atoms with Gasteiger partial charge in [0.25, 0.3) is 0 Å². The molecule has 0 amide bonds. The number of hydrogen-bond acceptors (Lipinski definition) is 3. The molecule has 23 heavy (non-hydrogen) atoms. The van der Waals surface area contributed by atoms with Gasteiger partial charge in [-0.2, -0.15) is 0 Å². The summed E-state index contributed by atoms with van der Waals surface area (Å²) in [6, 6.07) is 7.77. The molecule has 0 saturated carbocycles. The number of guanidine groups is 1. The third-order valence-electron chi connectivity index (χ3n) is 3.32. The van der Waals surface area contributed by atoms with E-state index in [1.54, 1.807) is 18.4 Å². The normalized spacial score (nSPS) is 12.3. The Labute approximate surface area is 147 Å². The maximum absolute atomic E-state index is 5.89. The van der Waals surface area contributed by atoms with E-state index in [0.717, 1.165) is 27.2 Å². The average molecular weight is 351 g/mol. The van der Waals surface area contributed by atoms with Crippen molar-refractivity contribution in [2.75, 3.05) is 7.05 Å². The van der Waals surface area contributed by atoms with Crippen LogP contribution in [-0.2, 0) is 18.5 Å². The number of aliphatic imine (C=N–C) groups is 1. The van der Waals surface area contributed by atoms with Crippen LogP contribution in [0, 0.1) is 0 Å². The summed E-state index contributed by atoms with van der Waals surface area (Å²) in [4.78, 5) is 8.91. The van der Waals surface area contributed by atoms with Crippen LogP contribution in [0.5, 0.6) is 0 Å². The molecule has 2 N–H and O–H groups in total. The van der Waals surface area contributed by atoms with E-state index < -0.39 is 0 Å². The molecule has 124 valence electrons. The fraction of sp³-hybridized carbons (Fsp3) is 0.412. The minimum atomic E-state index is 0.0866. The molecule has 6 heteroatoms. The number of aromatic nitrogens is 1. The molecule has 0 aliphatic rings. The van der Waals surface area contributed by atoms with Gasteiger partial charge in [0.05, 0.1) is 12.2 Å². The highest BCUT2D eigenvalue weighted by molar-refractivity contribution is 7.09. The fourth-order valence-corrected chi connectivity index (χ4v) is 2.99. The lowest BCUT2D eigenvalue weighted by Crippen LogP contribution is -2.36. The van der Waals surface area contributed by atoms with Crippen molar-refractivity contribution >= 4 is 28.9 Å². The third-order valence-corrected chi connectivity index (χ3v) is 4.42. The van der Waals surface area contributed by atoms with E-state index in [0.29, 0.717) is 13.1 Å². The Morgan fingerprint density at radius 2 is 1.83 bits per heavy atom. The summed E-state index contributed by atoms with van der Waals surface area (Å²) in [5, 5.41) is 10.5. The number of halogens is 1. The first kappa shape index (κ1) is 17.8. The molecule has 0 fully saturated rings. The van der Waals surface area contributed by atoms with Crippen molar-refractivity contribution < 1.29 is 0 Å². The first-order valence-electron chi connectivity index (χ1n) is 7.52. The number of rotatable bonds is 4. The number of nitrogens with zero attached hydrogens (tertiary/aromatic N) is 2. The van der Waals surface area contributed by atoms with Crippen LogP contribution in [-0.4, -0.2) is 18.0 Å². The fourth-order valence-electron chi connectivity index (χ4n) is 1.90. The van der Waals surface area contributed by atoms with E-state index in [2.05, 4.69) is 46.8 Å². The van der Waals surface area contributed by atoms with E-state index in [1.807, 2.05) is 24.3 Å². The summed E-state index contributed by atoms with van der Waals surface area (Å²) >= 11 is 7.56. The average Bonchev–Trinajstić information content (AvgIpc) is 2.98. The van der Waals surface area contributed by atoms with Crippen molar-refractivity contribution in [1.29, 1.82) is 0 Å². The number of thiazole rings is 1. The molecule has 0 unspecified atom stereocenters. The lowest BCUT2D eigenvalue weighted by molar-refractivity contribution is 0.570. The molecule has 1 aromatic heterocycles. The summed E-state index contributed by atoms with van der Waals surface area (Å²) in [5.74, 6) is 0.757. The van der Waals surface area contributed by atoms with Crippen LogP contribution < -0.4 is 10.6 Å². The van der Waals surface area contributed by atoms with Crippen LogP contribution >= 0.6 is 22.9 Å².